The van der Waals surface area contributed by atoms with Crippen molar-refractivity contribution in [1.29, 1.82) is 0 Å². The molecule has 1 aliphatic heterocycles. The van der Waals surface area contributed by atoms with Gasteiger partial charge in [-0.3, -0.25) is 4.79 Å². The molecule has 0 radical (unpaired) electrons. The number of piperazine rings is 1. The predicted octanol–water partition coefficient (Wildman–Crippen LogP) is 0.583. The van der Waals surface area contributed by atoms with Gasteiger partial charge in [0, 0.05) is 32.2 Å². The zero-order chi connectivity index (χ0) is 12.1. The van der Waals surface area contributed by atoms with E-state index < -0.39 is 0 Å². The smallest absolute Gasteiger partial charge is 0.241 e. The molecule has 0 bridgehead atoms. The lowest BCUT2D eigenvalue weighted by molar-refractivity contribution is -0.134. The van der Waals surface area contributed by atoms with E-state index in [1.54, 1.807) is 0 Å². The van der Waals surface area contributed by atoms with Gasteiger partial charge in [-0.15, -0.1) is 0 Å². The van der Waals surface area contributed by atoms with Gasteiger partial charge < -0.3 is 15.5 Å². The second kappa shape index (κ2) is 6.21. The Hall–Kier alpha value is -0.610. The lowest BCUT2D eigenvalue weighted by Gasteiger charge is -2.33. The Kier molecular flexibility index (Phi) is 5.22. The second-order valence-corrected chi connectivity index (χ2v) is 4.86. The van der Waals surface area contributed by atoms with E-state index in [1.807, 2.05) is 11.9 Å². The van der Waals surface area contributed by atoms with Gasteiger partial charge in [0.2, 0.25) is 5.91 Å². The van der Waals surface area contributed by atoms with Crippen LogP contribution in [0.1, 0.15) is 33.6 Å². The summed E-state index contributed by atoms with van der Waals surface area (Å²) in [4.78, 5) is 14.0. The van der Waals surface area contributed by atoms with Gasteiger partial charge in [0.25, 0.3) is 0 Å². The van der Waals surface area contributed by atoms with E-state index in [4.69, 9.17) is 0 Å². The zero-order valence-electron chi connectivity index (χ0n) is 10.9. The molecule has 0 spiro atoms. The van der Waals surface area contributed by atoms with Crippen LogP contribution >= 0.6 is 0 Å². The molecule has 1 saturated heterocycles. The number of amides is 1. The van der Waals surface area contributed by atoms with Crippen LogP contribution < -0.4 is 10.6 Å². The van der Waals surface area contributed by atoms with Crippen LogP contribution in [-0.2, 0) is 4.79 Å². The van der Waals surface area contributed by atoms with E-state index in [1.165, 1.54) is 0 Å². The molecule has 16 heavy (non-hydrogen) atoms. The van der Waals surface area contributed by atoms with Crippen molar-refractivity contribution in [1.82, 2.24) is 15.5 Å². The largest absolute Gasteiger partial charge is 0.342 e. The summed E-state index contributed by atoms with van der Waals surface area (Å²) >= 11 is 0. The first-order valence-corrected chi connectivity index (χ1v) is 6.29. The Morgan fingerprint density at radius 2 is 2.12 bits per heavy atom. The molecular formula is C12H25N3O. The maximum atomic E-state index is 12.1. The number of rotatable bonds is 4. The molecule has 4 heteroatoms. The number of nitrogens with one attached hydrogen (secondary N) is 2. The zero-order valence-corrected chi connectivity index (χ0v) is 10.9. The quantitative estimate of drug-likeness (QED) is 0.738. The lowest BCUT2D eigenvalue weighted by atomic mass is 10.1. The van der Waals surface area contributed by atoms with Crippen LogP contribution in [0.5, 0.6) is 0 Å². The Morgan fingerprint density at radius 3 is 2.62 bits per heavy atom. The molecule has 0 aromatic rings. The summed E-state index contributed by atoms with van der Waals surface area (Å²) in [6.45, 7) is 7.99. The van der Waals surface area contributed by atoms with Crippen molar-refractivity contribution in [2.45, 2.75) is 51.7 Å². The van der Waals surface area contributed by atoms with Crippen molar-refractivity contribution >= 4 is 5.91 Å². The molecule has 1 fully saturated rings. The highest BCUT2D eigenvalue weighted by Gasteiger charge is 2.27. The normalized spacial score (nSPS) is 27.5. The Bertz CT molecular complexity index is 220. The minimum absolute atomic E-state index is 0.0551. The fourth-order valence-corrected chi connectivity index (χ4v) is 2.03. The molecule has 1 aliphatic rings. The second-order valence-electron chi connectivity index (χ2n) is 4.86. The number of nitrogens with zero attached hydrogens (tertiary/aromatic N) is 1. The molecule has 1 rings (SSSR count). The molecule has 0 saturated carbocycles. The van der Waals surface area contributed by atoms with E-state index in [9.17, 15) is 4.79 Å². The molecule has 0 aromatic carbocycles. The van der Waals surface area contributed by atoms with Gasteiger partial charge in [-0.25, -0.2) is 0 Å². The summed E-state index contributed by atoms with van der Waals surface area (Å²) < 4.78 is 0. The van der Waals surface area contributed by atoms with E-state index >= 15 is 0 Å². The van der Waals surface area contributed by atoms with Gasteiger partial charge in [-0.2, -0.15) is 0 Å². The van der Waals surface area contributed by atoms with Crippen LogP contribution in [0.4, 0.5) is 0 Å². The fourth-order valence-electron chi connectivity index (χ4n) is 2.03. The van der Waals surface area contributed by atoms with E-state index in [2.05, 4.69) is 31.4 Å². The fraction of sp³-hybridized carbons (Fsp3) is 0.917. The molecule has 3 unspecified atom stereocenters. The van der Waals surface area contributed by atoms with Gasteiger partial charge in [-0.05, 0) is 20.3 Å². The lowest BCUT2D eigenvalue weighted by Crippen LogP contribution is -2.59. The average molecular weight is 227 g/mol. The first-order chi connectivity index (χ1) is 7.56. The molecule has 1 heterocycles. The van der Waals surface area contributed by atoms with Crippen molar-refractivity contribution < 1.29 is 4.79 Å². The topological polar surface area (TPSA) is 44.4 Å². The number of carbonyl (C=O) groups is 1. The third-order valence-electron chi connectivity index (χ3n) is 3.35. The Morgan fingerprint density at radius 1 is 1.44 bits per heavy atom. The number of likely N-dealkylation sites (N-methyl/N-ethyl adjacent to an activating group) is 1. The van der Waals surface area contributed by atoms with Gasteiger partial charge in [0.05, 0.1) is 6.04 Å². The van der Waals surface area contributed by atoms with Gasteiger partial charge >= 0.3 is 0 Å². The van der Waals surface area contributed by atoms with E-state index in [0.29, 0.717) is 12.1 Å². The number of hydrogen-bond donors (Lipinski definition) is 2. The maximum Gasteiger partial charge on any atom is 0.241 e. The highest BCUT2D eigenvalue weighted by Crippen LogP contribution is 2.07. The molecule has 4 nitrogen and oxygen atoms in total. The molecule has 2 N–H and O–H groups in total. The SMILES string of the molecule is CCCC(C)N(C)C(=O)C1CNC(C)CN1. The number of carbonyl (C=O) groups excluding carboxylic acids is 1. The highest BCUT2D eigenvalue weighted by molar-refractivity contribution is 5.82. The summed E-state index contributed by atoms with van der Waals surface area (Å²) in [7, 11) is 1.91. The van der Waals surface area contributed by atoms with Gasteiger partial charge in [0.1, 0.15) is 0 Å². The summed E-state index contributed by atoms with van der Waals surface area (Å²) in [5, 5.41) is 6.62. The van der Waals surface area contributed by atoms with E-state index in [-0.39, 0.29) is 11.9 Å². The third-order valence-corrected chi connectivity index (χ3v) is 3.35. The van der Waals surface area contributed by atoms with Crippen LogP contribution in [0.25, 0.3) is 0 Å². The van der Waals surface area contributed by atoms with Gasteiger partial charge in [0.15, 0.2) is 0 Å². The van der Waals surface area contributed by atoms with Crippen molar-refractivity contribution in [3.8, 4) is 0 Å². The summed E-state index contributed by atoms with van der Waals surface area (Å²) in [5.41, 5.74) is 0. The minimum Gasteiger partial charge on any atom is -0.342 e. The maximum absolute atomic E-state index is 12.1. The predicted molar refractivity (Wildman–Crippen MR) is 66.4 cm³/mol. The molecule has 1 amide bonds. The monoisotopic (exact) mass is 227 g/mol. The molecule has 3 atom stereocenters. The standard InChI is InChI=1S/C12H25N3O/c1-5-6-10(3)15(4)12(16)11-8-13-9(2)7-14-11/h9-11,13-14H,5-8H2,1-4H3. The summed E-state index contributed by atoms with van der Waals surface area (Å²) in [6, 6.07) is 0.738. The van der Waals surface area contributed by atoms with Crippen LogP contribution in [0, 0.1) is 0 Å². The minimum atomic E-state index is -0.0551. The van der Waals surface area contributed by atoms with Crippen LogP contribution in [0.15, 0.2) is 0 Å². The average Bonchev–Trinajstić information content (AvgIpc) is 2.28. The molecular weight excluding hydrogens is 202 g/mol. The Balaban J connectivity index is 2.44. The first kappa shape index (κ1) is 13.5. The van der Waals surface area contributed by atoms with Crippen molar-refractivity contribution in [3.05, 3.63) is 0 Å². The summed E-state index contributed by atoms with van der Waals surface area (Å²) in [6.07, 6.45) is 2.19. The third kappa shape index (κ3) is 3.46. The van der Waals surface area contributed by atoms with Crippen molar-refractivity contribution in [2.24, 2.45) is 0 Å². The summed E-state index contributed by atoms with van der Waals surface area (Å²) in [5.74, 6) is 0.209. The van der Waals surface area contributed by atoms with Crippen molar-refractivity contribution in [3.63, 3.8) is 0 Å². The van der Waals surface area contributed by atoms with Crippen LogP contribution in [0.3, 0.4) is 0 Å². The highest BCUT2D eigenvalue weighted by atomic mass is 16.2. The first-order valence-electron chi connectivity index (χ1n) is 6.29. The Labute approximate surface area is 98.8 Å². The van der Waals surface area contributed by atoms with Crippen LogP contribution in [-0.4, -0.2) is 49.1 Å². The van der Waals surface area contributed by atoms with Gasteiger partial charge in [-0.1, -0.05) is 13.3 Å². The molecule has 0 aliphatic carbocycles. The van der Waals surface area contributed by atoms with Crippen molar-refractivity contribution in [2.75, 3.05) is 20.1 Å². The number of hydrogen-bond acceptors (Lipinski definition) is 3. The van der Waals surface area contributed by atoms with E-state index in [0.717, 1.165) is 25.9 Å². The molecule has 0 aromatic heterocycles. The van der Waals surface area contributed by atoms with Crippen LogP contribution in [0.2, 0.25) is 0 Å². The molecule has 94 valence electrons.